The highest BCUT2D eigenvalue weighted by atomic mass is 32.2. The van der Waals surface area contributed by atoms with Crippen LogP contribution in [0.2, 0.25) is 0 Å². The fourth-order valence-corrected chi connectivity index (χ4v) is 12.5. The van der Waals surface area contributed by atoms with E-state index in [4.69, 9.17) is 4.74 Å². The van der Waals surface area contributed by atoms with Gasteiger partial charge in [0.15, 0.2) is 5.78 Å². The molecule has 0 aliphatic carbocycles. The van der Waals surface area contributed by atoms with Gasteiger partial charge in [0, 0.05) is 12.1 Å². The minimum Gasteiger partial charge on any atom is -0.394 e. The smallest absolute Gasteiger partial charge is 0.251 e. The average Bonchev–Trinajstić information content (AvgIpc) is 0.836. The minimum atomic E-state index is -1.49. The van der Waals surface area contributed by atoms with E-state index in [2.05, 4.69) is 53.2 Å². The molecule has 0 radical (unpaired) electrons. The second-order valence-corrected chi connectivity index (χ2v) is 28.8. The fraction of sp³-hybridized carbons (Fsp3) is 0.761. The molecule has 1 aliphatic heterocycles. The van der Waals surface area contributed by atoms with Crippen molar-refractivity contribution in [1.82, 2.24) is 53.2 Å². The lowest BCUT2D eigenvalue weighted by Gasteiger charge is -2.39. The predicted octanol–water partition coefficient (Wildman–Crippen LogP) is 3.90. The number of hydrogen-bond donors (Lipinski definition) is 14. The van der Waals surface area contributed by atoms with E-state index in [-0.39, 0.29) is 43.6 Å². The molecule has 0 bridgehead atoms. The van der Waals surface area contributed by atoms with Crippen LogP contribution in [0.1, 0.15) is 217 Å². The van der Waals surface area contributed by atoms with Gasteiger partial charge in [0.1, 0.15) is 84.1 Å². The second-order valence-electron chi connectivity index (χ2n) is 27.6. The fourth-order valence-electron chi connectivity index (χ4n) is 11.3. The Morgan fingerprint density at radius 1 is 0.418 bits per heavy atom. The SMILES string of the molecule is CCCCC(NC(=O)C(CCCC)NC(=O)C(CCCC)NC(=O)C(NC(=O)C(NC(=O)C(NC(=O)c1ccc(CCSC2OC(CO)C(O)C(O)C2O)cc1)C(C)C)C(C)C)C(C)C)C(=O)NC(CCC)C(=O)NC(CCCC)C(=O)NC(C(=O)C(C(=O)NCC)C(C)C)C(C)C. The van der Waals surface area contributed by atoms with E-state index in [1.807, 2.05) is 34.6 Å². The average molecular weight is 1400 g/mol. The van der Waals surface area contributed by atoms with Crippen molar-refractivity contribution < 1.29 is 77.9 Å². The van der Waals surface area contributed by atoms with Gasteiger partial charge >= 0.3 is 0 Å². The highest BCUT2D eigenvalue weighted by Crippen LogP contribution is 2.29. The Morgan fingerprint density at radius 3 is 1.13 bits per heavy atom. The van der Waals surface area contributed by atoms with E-state index in [0.29, 0.717) is 76.5 Å². The Labute approximate surface area is 586 Å². The van der Waals surface area contributed by atoms with Crippen molar-refractivity contribution in [2.45, 2.75) is 291 Å². The van der Waals surface area contributed by atoms with Crippen LogP contribution >= 0.6 is 11.8 Å². The maximum Gasteiger partial charge on any atom is 0.251 e. The number of aliphatic hydroxyl groups excluding tert-OH is 4. The highest BCUT2D eigenvalue weighted by Gasteiger charge is 2.44. The van der Waals surface area contributed by atoms with E-state index in [1.54, 1.807) is 100 Å². The first-order valence-electron chi connectivity index (χ1n) is 35.8. The number of ketones is 1. The molecule has 0 aromatic heterocycles. The third-order valence-corrected chi connectivity index (χ3v) is 18.6. The molecular formula is C71H122N10O16S. The number of thioether (sulfide) groups is 1. The van der Waals surface area contributed by atoms with Gasteiger partial charge in [-0.3, -0.25) is 52.7 Å². The normalized spacial score (nSPS) is 19.3. The lowest BCUT2D eigenvalue weighted by Crippen LogP contribution is -2.61. The number of aryl methyl sites for hydroxylation is 1. The molecule has 98 heavy (non-hydrogen) atoms. The lowest BCUT2D eigenvalue weighted by molar-refractivity contribution is -0.205. The van der Waals surface area contributed by atoms with Crippen LogP contribution in [0.4, 0.5) is 0 Å². The number of unbranched alkanes of at least 4 members (excludes halogenated alkanes) is 4. The third-order valence-electron chi connectivity index (χ3n) is 17.5. The van der Waals surface area contributed by atoms with Gasteiger partial charge in [0.05, 0.1) is 12.6 Å². The number of aliphatic hydroxyl groups is 4. The quantitative estimate of drug-likeness (QED) is 0.0412. The van der Waals surface area contributed by atoms with Crippen LogP contribution in [0.15, 0.2) is 24.3 Å². The first-order valence-corrected chi connectivity index (χ1v) is 36.9. The molecule has 2 rings (SSSR count). The van der Waals surface area contributed by atoms with Crippen molar-refractivity contribution in [2.24, 2.45) is 35.5 Å². The van der Waals surface area contributed by atoms with Crippen LogP contribution in [-0.4, -0.2) is 188 Å². The van der Waals surface area contributed by atoms with Crippen molar-refractivity contribution in [3.05, 3.63) is 35.4 Å². The molecule has 1 heterocycles. The molecular weight excluding hydrogens is 1280 g/mol. The zero-order valence-corrected chi connectivity index (χ0v) is 62.0. The standard InChI is InChI=1S/C71H122N10O16S/c1-17-23-28-47(63(89)73-46(27-21-5)62(88)76-50(31-26-20-4)66(92)78-53(40(9)10)58(84)52(39(7)8)67(93)72-22-6)74-64(90)48(29-24-18-2)75-65(91)49(30-25-19-3)77-68(94)54(41(11)12)80-70(96)56(43(15)16)81-69(95)55(42(13)14)79-61(87)45-34-32-44(33-35-45)36-37-98-71-60(86)59(85)57(83)51(38-82)97-71/h32-35,39-43,46-57,59-60,71,82-83,85-86H,17-31,36-38H2,1-16H3,(H,72,93)(H,73,89)(H,74,90)(H,75,91)(H,76,88)(H,77,94)(H,78,92)(H,79,87)(H,80,96)(H,81,95). The number of nitrogens with one attached hydrogen (secondary N) is 10. The summed E-state index contributed by atoms with van der Waals surface area (Å²) < 4.78 is 5.58. The molecule has 15 atom stereocenters. The summed E-state index contributed by atoms with van der Waals surface area (Å²) in [6.07, 6.45) is 1.14. The number of benzene rings is 1. The molecule has 14 N–H and O–H groups in total. The van der Waals surface area contributed by atoms with Crippen LogP contribution in [0.25, 0.3) is 0 Å². The van der Waals surface area contributed by atoms with Crippen molar-refractivity contribution >= 4 is 76.6 Å². The summed E-state index contributed by atoms with van der Waals surface area (Å²) in [4.78, 5) is 155. The van der Waals surface area contributed by atoms with Gasteiger partial charge in [-0.15, -0.1) is 11.8 Å². The summed E-state index contributed by atoms with van der Waals surface area (Å²) >= 11 is 1.20. The van der Waals surface area contributed by atoms with Gasteiger partial charge < -0.3 is 78.3 Å². The van der Waals surface area contributed by atoms with E-state index < -0.39 is 185 Å². The second kappa shape index (κ2) is 45.5. The van der Waals surface area contributed by atoms with E-state index in [1.165, 1.54) is 11.8 Å². The first kappa shape index (κ1) is 87.8. The van der Waals surface area contributed by atoms with E-state index in [9.17, 15) is 73.2 Å². The molecule has 1 aromatic carbocycles. The summed E-state index contributed by atoms with van der Waals surface area (Å²) in [6.45, 7) is 28.4. The van der Waals surface area contributed by atoms with Gasteiger partial charge in [-0.1, -0.05) is 174 Å². The maximum atomic E-state index is 14.5. The summed E-state index contributed by atoms with van der Waals surface area (Å²) in [5, 5.41) is 68.3. The molecule has 1 aliphatic rings. The maximum absolute atomic E-state index is 14.5. The van der Waals surface area contributed by atoms with Gasteiger partial charge in [0.2, 0.25) is 53.2 Å². The first-order chi connectivity index (χ1) is 46.3. The van der Waals surface area contributed by atoms with Gasteiger partial charge in [-0.25, -0.2) is 0 Å². The van der Waals surface area contributed by atoms with Crippen LogP contribution in [0.3, 0.4) is 0 Å². The molecule has 1 aromatic rings. The zero-order valence-electron chi connectivity index (χ0n) is 61.2. The molecule has 26 nitrogen and oxygen atoms in total. The van der Waals surface area contributed by atoms with Gasteiger partial charge in [0.25, 0.3) is 5.91 Å². The number of rotatable bonds is 46. The molecule has 10 amide bonds. The van der Waals surface area contributed by atoms with E-state index in [0.717, 1.165) is 5.56 Å². The number of hydrogen-bond acceptors (Lipinski definition) is 17. The Morgan fingerprint density at radius 2 is 0.776 bits per heavy atom. The summed E-state index contributed by atoms with van der Waals surface area (Å²) in [7, 11) is 0. The van der Waals surface area contributed by atoms with Crippen molar-refractivity contribution in [3.8, 4) is 0 Å². The van der Waals surface area contributed by atoms with Crippen LogP contribution < -0.4 is 53.2 Å². The number of carbonyl (C=O) groups is 11. The Bertz CT molecular complexity index is 2680. The number of amides is 10. The molecule has 0 spiro atoms. The van der Waals surface area contributed by atoms with E-state index >= 15 is 0 Å². The topological polar surface area (TPSA) is 398 Å². The van der Waals surface area contributed by atoms with Crippen molar-refractivity contribution in [3.63, 3.8) is 0 Å². The molecule has 27 heteroatoms. The van der Waals surface area contributed by atoms with Crippen molar-refractivity contribution in [1.29, 1.82) is 0 Å². The lowest BCUT2D eigenvalue weighted by atomic mass is 9.83. The molecule has 558 valence electrons. The molecule has 1 saturated heterocycles. The number of Topliss-reactive ketones (excluding diaryl/α,β-unsaturated/α-hetero) is 1. The Kier molecular flexibility index (Phi) is 40.8. The van der Waals surface area contributed by atoms with Gasteiger partial charge in [-0.2, -0.15) is 0 Å². The Hall–Kier alpha value is -6.26. The van der Waals surface area contributed by atoms with Gasteiger partial charge in [-0.05, 0) is 98.5 Å². The number of carbonyl (C=O) groups excluding carboxylic acids is 11. The summed E-state index contributed by atoms with van der Waals surface area (Å²) in [5.41, 5.74) is 0.198. The predicted molar refractivity (Wildman–Crippen MR) is 377 cm³/mol. The highest BCUT2D eigenvalue weighted by molar-refractivity contribution is 7.99. The molecule has 0 saturated carbocycles. The molecule has 1 fully saturated rings. The monoisotopic (exact) mass is 1400 g/mol. The zero-order chi connectivity index (χ0) is 74.1. The van der Waals surface area contributed by atoms with Crippen LogP contribution in [0, 0.1) is 35.5 Å². The third kappa shape index (κ3) is 28.4. The molecule has 15 unspecified atom stereocenters. The summed E-state index contributed by atoms with van der Waals surface area (Å²) in [5.74, 6) is -9.53. The minimum absolute atomic E-state index is 0.163. The van der Waals surface area contributed by atoms with Crippen LogP contribution in [-0.2, 0) is 59.1 Å². The van der Waals surface area contributed by atoms with Crippen LogP contribution in [0.5, 0.6) is 0 Å². The Balaban J connectivity index is 2.30. The number of ether oxygens (including phenoxy) is 1. The summed E-state index contributed by atoms with van der Waals surface area (Å²) in [6, 6.07) is -3.60. The van der Waals surface area contributed by atoms with Crippen molar-refractivity contribution in [2.75, 3.05) is 18.9 Å². The largest absolute Gasteiger partial charge is 0.394 e.